The van der Waals surface area contributed by atoms with Crippen molar-refractivity contribution in [1.29, 1.82) is 0 Å². The van der Waals surface area contributed by atoms with Crippen LogP contribution in [0.15, 0.2) is 42.6 Å². The van der Waals surface area contributed by atoms with Gasteiger partial charge in [0.05, 0.1) is 12.6 Å². The number of pyridine rings is 1. The Labute approximate surface area is 154 Å². The second-order valence-corrected chi connectivity index (χ2v) is 6.86. The summed E-state index contributed by atoms with van der Waals surface area (Å²) in [6, 6.07) is 11.6. The number of methoxy groups -OCH3 is 1. The van der Waals surface area contributed by atoms with Crippen LogP contribution in [0, 0.1) is 0 Å². The Morgan fingerprint density at radius 1 is 1.27 bits per heavy atom. The van der Waals surface area contributed by atoms with Gasteiger partial charge in [-0.05, 0) is 43.0 Å². The third kappa shape index (κ3) is 3.74. The van der Waals surface area contributed by atoms with E-state index in [1.54, 1.807) is 13.3 Å². The van der Waals surface area contributed by atoms with E-state index in [4.69, 9.17) is 4.74 Å². The zero-order chi connectivity index (χ0) is 18.6. The maximum absolute atomic E-state index is 12.5. The Morgan fingerprint density at radius 3 is 2.73 bits per heavy atom. The van der Waals surface area contributed by atoms with Crippen molar-refractivity contribution in [3.05, 3.63) is 53.7 Å². The molecule has 0 radical (unpaired) electrons. The molecule has 26 heavy (non-hydrogen) atoms. The summed E-state index contributed by atoms with van der Waals surface area (Å²) in [5.74, 6) is 1.67. The maximum atomic E-state index is 12.5. The van der Waals surface area contributed by atoms with Gasteiger partial charge in [0.25, 0.3) is 0 Å². The Balaban J connectivity index is 1.67. The predicted molar refractivity (Wildman–Crippen MR) is 102 cm³/mol. The SMILES string of the molecule is COc1cccc(C2(NC(=O)NCc3cccnc3N(C)C)CCC2)c1. The first kappa shape index (κ1) is 18.0. The number of hydrogen-bond acceptors (Lipinski definition) is 4. The van der Waals surface area contributed by atoms with Crippen molar-refractivity contribution in [3.63, 3.8) is 0 Å². The number of hydrogen-bond donors (Lipinski definition) is 2. The minimum Gasteiger partial charge on any atom is -0.497 e. The van der Waals surface area contributed by atoms with Gasteiger partial charge < -0.3 is 20.3 Å². The third-order valence-corrected chi connectivity index (χ3v) is 4.91. The van der Waals surface area contributed by atoms with E-state index in [9.17, 15) is 4.79 Å². The number of aromatic nitrogens is 1. The lowest BCUT2D eigenvalue weighted by molar-refractivity contribution is 0.177. The molecule has 0 saturated heterocycles. The largest absolute Gasteiger partial charge is 0.497 e. The molecule has 0 atom stereocenters. The topological polar surface area (TPSA) is 66.5 Å². The molecule has 0 spiro atoms. The first-order valence-corrected chi connectivity index (χ1v) is 8.86. The highest BCUT2D eigenvalue weighted by atomic mass is 16.5. The number of nitrogens with one attached hydrogen (secondary N) is 2. The number of amides is 2. The molecule has 6 nitrogen and oxygen atoms in total. The van der Waals surface area contributed by atoms with Crippen LogP contribution in [0.4, 0.5) is 10.6 Å². The van der Waals surface area contributed by atoms with Crippen molar-refractivity contribution in [2.24, 2.45) is 0 Å². The Kier molecular flexibility index (Phi) is 5.30. The van der Waals surface area contributed by atoms with E-state index in [0.717, 1.165) is 42.0 Å². The maximum Gasteiger partial charge on any atom is 0.315 e. The number of carbonyl (C=O) groups is 1. The number of urea groups is 1. The summed E-state index contributed by atoms with van der Waals surface area (Å²) in [6.07, 6.45) is 4.72. The fourth-order valence-electron chi connectivity index (χ4n) is 3.34. The monoisotopic (exact) mass is 354 g/mol. The van der Waals surface area contributed by atoms with Crippen LogP contribution in [-0.2, 0) is 12.1 Å². The summed E-state index contributed by atoms with van der Waals surface area (Å²) in [6.45, 7) is 0.432. The lowest BCUT2D eigenvalue weighted by Crippen LogP contribution is -2.53. The molecular formula is C20H26N4O2. The molecular weight excluding hydrogens is 328 g/mol. The molecule has 1 heterocycles. The number of carbonyl (C=O) groups excluding carboxylic acids is 1. The first-order chi connectivity index (χ1) is 12.5. The third-order valence-electron chi connectivity index (χ3n) is 4.91. The van der Waals surface area contributed by atoms with Crippen LogP contribution in [0.1, 0.15) is 30.4 Å². The van der Waals surface area contributed by atoms with Crippen molar-refractivity contribution in [2.75, 3.05) is 26.1 Å². The number of ether oxygens (including phenoxy) is 1. The molecule has 1 aromatic carbocycles. The van der Waals surface area contributed by atoms with Gasteiger partial charge in [-0.25, -0.2) is 9.78 Å². The highest BCUT2D eigenvalue weighted by Gasteiger charge is 2.40. The summed E-state index contributed by atoms with van der Waals surface area (Å²) < 4.78 is 5.32. The van der Waals surface area contributed by atoms with Gasteiger partial charge in [-0.15, -0.1) is 0 Å². The molecule has 2 aromatic rings. The Hall–Kier alpha value is -2.76. The summed E-state index contributed by atoms with van der Waals surface area (Å²) in [4.78, 5) is 18.9. The van der Waals surface area contributed by atoms with Crippen LogP contribution < -0.4 is 20.3 Å². The zero-order valence-electron chi connectivity index (χ0n) is 15.6. The van der Waals surface area contributed by atoms with Crippen LogP contribution in [0.5, 0.6) is 5.75 Å². The highest BCUT2D eigenvalue weighted by Crippen LogP contribution is 2.42. The fourth-order valence-corrected chi connectivity index (χ4v) is 3.34. The molecule has 0 bridgehead atoms. The van der Waals surface area contributed by atoms with E-state index in [2.05, 4.69) is 15.6 Å². The van der Waals surface area contributed by atoms with Gasteiger partial charge in [0, 0.05) is 32.4 Å². The van der Waals surface area contributed by atoms with Crippen molar-refractivity contribution >= 4 is 11.8 Å². The first-order valence-electron chi connectivity index (χ1n) is 8.86. The molecule has 0 unspecified atom stereocenters. The quantitative estimate of drug-likeness (QED) is 0.837. The van der Waals surface area contributed by atoms with E-state index in [0.29, 0.717) is 6.54 Å². The fraction of sp³-hybridized carbons (Fsp3) is 0.400. The molecule has 1 aliphatic rings. The van der Waals surface area contributed by atoms with Gasteiger partial charge in [-0.1, -0.05) is 18.2 Å². The molecule has 2 N–H and O–H groups in total. The van der Waals surface area contributed by atoms with E-state index in [1.165, 1.54) is 0 Å². The predicted octanol–water partition coefficient (Wildman–Crippen LogP) is 3.03. The standard InChI is InChI=1S/C20H26N4O2/c1-24(2)18-15(7-5-12-21-18)14-22-19(25)23-20(10-6-11-20)16-8-4-9-17(13-16)26-3/h4-5,7-9,12-13H,6,10-11,14H2,1-3H3,(H2,22,23,25). The van der Waals surface area contributed by atoms with E-state index in [1.807, 2.05) is 55.4 Å². The molecule has 1 saturated carbocycles. The summed E-state index contributed by atoms with van der Waals surface area (Å²) in [7, 11) is 5.54. The molecule has 0 aliphatic heterocycles. The Morgan fingerprint density at radius 2 is 2.08 bits per heavy atom. The number of rotatable bonds is 6. The highest BCUT2D eigenvalue weighted by molar-refractivity contribution is 5.75. The lowest BCUT2D eigenvalue weighted by Gasteiger charge is -2.43. The molecule has 2 amide bonds. The summed E-state index contributed by atoms with van der Waals surface area (Å²) in [5.41, 5.74) is 1.77. The van der Waals surface area contributed by atoms with Crippen LogP contribution in [-0.4, -0.2) is 32.2 Å². The smallest absolute Gasteiger partial charge is 0.315 e. The van der Waals surface area contributed by atoms with Crippen LogP contribution in [0.3, 0.4) is 0 Å². The number of benzene rings is 1. The second-order valence-electron chi connectivity index (χ2n) is 6.86. The lowest BCUT2D eigenvalue weighted by atomic mass is 9.72. The van der Waals surface area contributed by atoms with Gasteiger partial charge in [0.2, 0.25) is 0 Å². The zero-order valence-corrected chi connectivity index (χ0v) is 15.6. The molecule has 6 heteroatoms. The normalized spacial score (nSPS) is 14.9. The van der Waals surface area contributed by atoms with Gasteiger partial charge in [0.15, 0.2) is 0 Å². The minimum atomic E-state index is -0.308. The van der Waals surface area contributed by atoms with Gasteiger partial charge in [0.1, 0.15) is 11.6 Å². The number of anilines is 1. The van der Waals surface area contributed by atoms with Gasteiger partial charge in [-0.3, -0.25) is 0 Å². The van der Waals surface area contributed by atoms with E-state index >= 15 is 0 Å². The summed E-state index contributed by atoms with van der Waals surface area (Å²) in [5, 5.41) is 6.15. The van der Waals surface area contributed by atoms with Crippen LogP contribution in [0.2, 0.25) is 0 Å². The number of nitrogens with zero attached hydrogens (tertiary/aromatic N) is 2. The second kappa shape index (κ2) is 7.64. The van der Waals surface area contributed by atoms with E-state index in [-0.39, 0.29) is 11.6 Å². The average molecular weight is 354 g/mol. The molecule has 1 aliphatic carbocycles. The van der Waals surface area contributed by atoms with Crippen LogP contribution in [0.25, 0.3) is 0 Å². The van der Waals surface area contributed by atoms with Crippen molar-refractivity contribution < 1.29 is 9.53 Å². The average Bonchev–Trinajstić information content (AvgIpc) is 2.63. The van der Waals surface area contributed by atoms with Crippen molar-refractivity contribution in [2.45, 2.75) is 31.3 Å². The Bertz CT molecular complexity index is 772. The molecule has 138 valence electrons. The molecule has 3 rings (SSSR count). The van der Waals surface area contributed by atoms with Crippen molar-refractivity contribution in [1.82, 2.24) is 15.6 Å². The minimum absolute atomic E-state index is 0.166. The molecule has 1 fully saturated rings. The van der Waals surface area contributed by atoms with E-state index < -0.39 is 0 Å². The van der Waals surface area contributed by atoms with Crippen LogP contribution >= 0.6 is 0 Å². The van der Waals surface area contributed by atoms with Gasteiger partial charge >= 0.3 is 6.03 Å². The van der Waals surface area contributed by atoms with Gasteiger partial charge in [-0.2, -0.15) is 0 Å². The van der Waals surface area contributed by atoms with Crippen molar-refractivity contribution in [3.8, 4) is 5.75 Å². The molecule has 1 aromatic heterocycles. The summed E-state index contributed by atoms with van der Waals surface area (Å²) >= 11 is 0.